The van der Waals surface area contributed by atoms with Crippen LogP contribution in [0.1, 0.15) is 36.2 Å². The maximum Gasteiger partial charge on any atom is 0.251 e. The fourth-order valence-electron chi connectivity index (χ4n) is 3.96. The number of nitrogens with zero attached hydrogens (tertiary/aromatic N) is 1. The first-order valence-electron chi connectivity index (χ1n) is 10.5. The molecule has 0 radical (unpaired) electrons. The molecule has 3 rings (SSSR count). The van der Waals surface area contributed by atoms with E-state index in [9.17, 15) is 9.59 Å². The van der Waals surface area contributed by atoms with Crippen molar-refractivity contribution >= 4 is 23.6 Å². The molecule has 0 bridgehead atoms. The quantitative estimate of drug-likeness (QED) is 0.708. The highest BCUT2D eigenvalue weighted by molar-refractivity contribution is 7.99. The highest BCUT2D eigenvalue weighted by Crippen LogP contribution is 2.33. The topological polar surface area (TPSA) is 70.7 Å². The standard InChI is InChI=1S/C22H33N3O3S/c1-16(2)19(24-20(26)18-6-4-17(3)5-7-18)21(27)23-14-22(8-13-29-15-22)25-9-11-28-12-10-25/h4-7,16,19H,8-15H2,1-3H3,(H,23,27)(H,24,26). The SMILES string of the molecule is Cc1ccc(C(=O)NC(C(=O)NCC2(N3CCOCC3)CCSC2)C(C)C)cc1. The van der Waals surface area contributed by atoms with Crippen molar-refractivity contribution in [2.45, 2.75) is 38.8 Å². The van der Waals surface area contributed by atoms with Crippen molar-refractivity contribution in [2.24, 2.45) is 5.92 Å². The minimum atomic E-state index is -0.556. The van der Waals surface area contributed by atoms with Gasteiger partial charge in [-0.05, 0) is 37.1 Å². The van der Waals surface area contributed by atoms with Gasteiger partial charge in [0.05, 0.1) is 13.2 Å². The molecule has 2 unspecified atom stereocenters. The monoisotopic (exact) mass is 419 g/mol. The lowest BCUT2D eigenvalue weighted by Gasteiger charge is -2.43. The van der Waals surface area contributed by atoms with Crippen LogP contribution in [0.25, 0.3) is 0 Å². The molecular formula is C22H33N3O3S. The Morgan fingerprint density at radius 1 is 1.21 bits per heavy atom. The molecule has 6 nitrogen and oxygen atoms in total. The number of rotatable bonds is 7. The first-order valence-corrected chi connectivity index (χ1v) is 11.6. The highest BCUT2D eigenvalue weighted by Gasteiger charge is 2.41. The van der Waals surface area contributed by atoms with E-state index in [4.69, 9.17) is 4.74 Å². The molecule has 1 aromatic carbocycles. The molecule has 0 aromatic heterocycles. The second-order valence-corrected chi connectivity index (χ2v) is 9.51. The molecule has 29 heavy (non-hydrogen) atoms. The molecule has 2 N–H and O–H groups in total. The second kappa shape index (κ2) is 9.96. The Bertz CT molecular complexity index is 696. The fourth-order valence-corrected chi connectivity index (χ4v) is 5.44. The zero-order valence-electron chi connectivity index (χ0n) is 17.7. The zero-order valence-corrected chi connectivity index (χ0v) is 18.5. The number of carbonyl (C=O) groups excluding carboxylic acids is 2. The minimum absolute atomic E-state index is 0.00156. The molecule has 2 fully saturated rings. The molecule has 2 aliphatic heterocycles. The fraction of sp³-hybridized carbons (Fsp3) is 0.636. The number of hydrogen-bond donors (Lipinski definition) is 2. The maximum atomic E-state index is 13.0. The predicted octanol–water partition coefficient (Wildman–Crippen LogP) is 2.07. The number of benzene rings is 1. The van der Waals surface area contributed by atoms with Crippen LogP contribution in [0.15, 0.2) is 24.3 Å². The highest BCUT2D eigenvalue weighted by atomic mass is 32.2. The van der Waals surface area contributed by atoms with E-state index in [1.807, 2.05) is 44.7 Å². The van der Waals surface area contributed by atoms with Crippen molar-refractivity contribution in [3.63, 3.8) is 0 Å². The van der Waals surface area contributed by atoms with Crippen LogP contribution in [0.4, 0.5) is 0 Å². The van der Waals surface area contributed by atoms with E-state index < -0.39 is 6.04 Å². The van der Waals surface area contributed by atoms with Crippen LogP contribution in [-0.2, 0) is 9.53 Å². The maximum absolute atomic E-state index is 13.0. The van der Waals surface area contributed by atoms with E-state index in [0.717, 1.165) is 49.8 Å². The summed E-state index contributed by atoms with van der Waals surface area (Å²) in [5, 5.41) is 6.09. The molecule has 2 saturated heterocycles. The van der Waals surface area contributed by atoms with Crippen molar-refractivity contribution in [3.05, 3.63) is 35.4 Å². The van der Waals surface area contributed by atoms with Crippen molar-refractivity contribution in [1.29, 1.82) is 0 Å². The van der Waals surface area contributed by atoms with Gasteiger partial charge in [-0.25, -0.2) is 0 Å². The largest absolute Gasteiger partial charge is 0.379 e. The number of carbonyl (C=O) groups is 2. The first-order chi connectivity index (χ1) is 13.9. The molecule has 2 atom stereocenters. The second-order valence-electron chi connectivity index (χ2n) is 8.41. The number of morpholine rings is 1. The van der Waals surface area contributed by atoms with Gasteiger partial charge in [0.2, 0.25) is 5.91 Å². The minimum Gasteiger partial charge on any atom is -0.379 e. The van der Waals surface area contributed by atoms with Gasteiger partial charge in [0.1, 0.15) is 6.04 Å². The van der Waals surface area contributed by atoms with E-state index in [1.54, 1.807) is 12.1 Å². The lowest BCUT2D eigenvalue weighted by molar-refractivity contribution is -0.124. The van der Waals surface area contributed by atoms with Crippen molar-refractivity contribution in [1.82, 2.24) is 15.5 Å². The third-order valence-electron chi connectivity index (χ3n) is 5.91. The molecule has 2 amide bonds. The van der Waals surface area contributed by atoms with Crippen LogP contribution in [-0.4, -0.2) is 72.6 Å². The van der Waals surface area contributed by atoms with E-state index in [2.05, 4.69) is 15.5 Å². The average molecular weight is 420 g/mol. The Kier molecular flexibility index (Phi) is 7.60. The summed E-state index contributed by atoms with van der Waals surface area (Å²) < 4.78 is 5.51. The molecule has 7 heteroatoms. The third-order valence-corrected chi connectivity index (χ3v) is 7.14. The van der Waals surface area contributed by atoms with Crippen LogP contribution in [0.3, 0.4) is 0 Å². The van der Waals surface area contributed by atoms with Crippen LogP contribution in [0.5, 0.6) is 0 Å². The summed E-state index contributed by atoms with van der Waals surface area (Å²) in [5.41, 5.74) is 1.67. The zero-order chi connectivity index (χ0) is 20.9. The Hall–Kier alpha value is -1.57. The average Bonchev–Trinajstić information content (AvgIpc) is 3.21. The number of hydrogen-bond acceptors (Lipinski definition) is 5. The summed E-state index contributed by atoms with van der Waals surface area (Å²) in [4.78, 5) is 28.1. The van der Waals surface area contributed by atoms with Gasteiger partial charge in [0.25, 0.3) is 5.91 Å². The van der Waals surface area contributed by atoms with E-state index in [1.165, 1.54) is 0 Å². The van der Waals surface area contributed by atoms with E-state index >= 15 is 0 Å². The van der Waals surface area contributed by atoms with Crippen LogP contribution >= 0.6 is 11.8 Å². The summed E-state index contributed by atoms with van der Waals surface area (Å²) in [6, 6.07) is 6.85. The normalized spacial score (nSPS) is 23.7. The van der Waals surface area contributed by atoms with Gasteiger partial charge in [0, 0.05) is 36.5 Å². The van der Waals surface area contributed by atoms with Crippen LogP contribution < -0.4 is 10.6 Å². The first kappa shape index (κ1) is 22.1. The van der Waals surface area contributed by atoms with Crippen molar-refractivity contribution in [2.75, 3.05) is 44.4 Å². The summed E-state index contributed by atoms with van der Waals surface area (Å²) in [5.74, 6) is 1.82. The third kappa shape index (κ3) is 5.53. The summed E-state index contributed by atoms with van der Waals surface area (Å²) in [6.45, 7) is 9.84. The van der Waals surface area contributed by atoms with Crippen LogP contribution in [0, 0.1) is 12.8 Å². The molecule has 2 heterocycles. The van der Waals surface area contributed by atoms with Crippen molar-refractivity contribution < 1.29 is 14.3 Å². The Balaban J connectivity index is 1.62. The lowest BCUT2D eigenvalue weighted by atomic mass is 9.94. The lowest BCUT2D eigenvalue weighted by Crippen LogP contribution is -2.61. The molecule has 2 aliphatic rings. The number of thioether (sulfide) groups is 1. The van der Waals surface area contributed by atoms with Gasteiger partial charge in [0.15, 0.2) is 0 Å². The molecule has 1 aromatic rings. The smallest absolute Gasteiger partial charge is 0.251 e. The van der Waals surface area contributed by atoms with E-state index in [-0.39, 0.29) is 23.3 Å². The summed E-state index contributed by atoms with van der Waals surface area (Å²) >= 11 is 1.95. The van der Waals surface area contributed by atoms with Gasteiger partial charge in [-0.15, -0.1) is 0 Å². The Labute approximate surface area is 178 Å². The van der Waals surface area contributed by atoms with Gasteiger partial charge in [-0.1, -0.05) is 31.5 Å². The predicted molar refractivity (Wildman–Crippen MR) is 117 cm³/mol. The van der Waals surface area contributed by atoms with Gasteiger partial charge < -0.3 is 15.4 Å². The molecule has 160 valence electrons. The Morgan fingerprint density at radius 2 is 1.90 bits per heavy atom. The summed E-state index contributed by atoms with van der Waals surface area (Å²) in [6.07, 6.45) is 1.07. The molecule has 0 spiro atoms. The number of ether oxygens (including phenoxy) is 1. The van der Waals surface area contributed by atoms with Gasteiger partial charge >= 0.3 is 0 Å². The van der Waals surface area contributed by atoms with Crippen LogP contribution in [0.2, 0.25) is 0 Å². The summed E-state index contributed by atoms with van der Waals surface area (Å²) in [7, 11) is 0. The Morgan fingerprint density at radius 3 is 2.48 bits per heavy atom. The van der Waals surface area contributed by atoms with Gasteiger partial charge in [-0.3, -0.25) is 14.5 Å². The number of nitrogens with one attached hydrogen (secondary N) is 2. The van der Waals surface area contributed by atoms with Crippen molar-refractivity contribution in [3.8, 4) is 0 Å². The molecule has 0 aliphatic carbocycles. The molecule has 0 saturated carbocycles. The molecular weight excluding hydrogens is 386 g/mol. The number of aryl methyl sites for hydroxylation is 1. The number of amides is 2. The van der Waals surface area contributed by atoms with E-state index in [0.29, 0.717) is 12.1 Å². The van der Waals surface area contributed by atoms with Gasteiger partial charge in [-0.2, -0.15) is 11.8 Å².